The molecule has 7 heterocycles. The minimum atomic E-state index is -0.832. The molecule has 47 heavy (non-hydrogen) atoms. The van der Waals surface area contributed by atoms with Gasteiger partial charge in [-0.05, 0) is 103 Å². The molecule has 0 radical (unpaired) electrons. The van der Waals surface area contributed by atoms with Crippen LogP contribution in [0.15, 0.2) is 10.6 Å². The number of likely N-dealkylation sites (tertiary alicyclic amines) is 1. The first-order chi connectivity index (χ1) is 22.7. The van der Waals surface area contributed by atoms with E-state index in [1.165, 1.54) is 11.3 Å². The van der Waals surface area contributed by atoms with Gasteiger partial charge in [0.15, 0.2) is 22.9 Å². The lowest BCUT2D eigenvalue weighted by Crippen LogP contribution is -2.51. The quantitative estimate of drug-likeness (QED) is 0.297. The number of nitrogens with zero attached hydrogens (tertiary/aromatic N) is 8. The van der Waals surface area contributed by atoms with Gasteiger partial charge in [-0.25, -0.2) is 14.6 Å². The number of likely N-dealkylation sites (N-methyl/N-ethyl adjacent to an activating group) is 1. The maximum atomic E-state index is 11.3. The van der Waals surface area contributed by atoms with Crippen molar-refractivity contribution in [1.29, 1.82) is 5.26 Å². The van der Waals surface area contributed by atoms with Crippen LogP contribution < -0.4 is 10.6 Å². The summed E-state index contributed by atoms with van der Waals surface area (Å²) in [6.07, 6.45) is 13.7. The molecule has 12 heteroatoms. The van der Waals surface area contributed by atoms with Crippen molar-refractivity contribution >= 4 is 39.3 Å². The van der Waals surface area contributed by atoms with Gasteiger partial charge in [-0.3, -0.25) is 0 Å². The monoisotopic (exact) mass is 651 g/mol. The predicted molar refractivity (Wildman–Crippen MR) is 181 cm³/mol. The van der Waals surface area contributed by atoms with Crippen LogP contribution in [0.25, 0.3) is 28.6 Å². The van der Waals surface area contributed by atoms with Crippen molar-refractivity contribution in [3.05, 3.63) is 39.1 Å². The molecular weight excluding hydrogens is 611 g/mol. The van der Waals surface area contributed by atoms with E-state index >= 15 is 0 Å². The Hall–Kier alpha value is -3.79. The maximum absolute atomic E-state index is 11.3. The summed E-state index contributed by atoms with van der Waals surface area (Å²) >= 11 is 1.55. The van der Waals surface area contributed by atoms with Gasteiger partial charge >= 0.3 is 0 Å². The fourth-order valence-electron chi connectivity index (χ4n) is 9.50. The standard InChI is InChI=1S/C35H41N9O2S/c1-19(24-8-6-16-42(24)3)44-33-26-23(40-44)11-10-20-12-15-34(2,45)18-43(20)32(26)38-31(39-33)28-21-7-4-13-35(29(21)46-41-28)14-5-9-25-27(35)22(17-36)30(37)47-25/h10-11,19-20,24,45H,4-9,12-16,18,37H2,1-3H3. The predicted octanol–water partition coefficient (Wildman–Crippen LogP) is 5.36. The van der Waals surface area contributed by atoms with E-state index in [-0.39, 0.29) is 12.1 Å². The summed E-state index contributed by atoms with van der Waals surface area (Å²) in [5.41, 5.74) is 10.2. The minimum absolute atomic E-state index is 0.103. The van der Waals surface area contributed by atoms with Gasteiger partial charge in [0.2, 0.25) is 0 Å². The highest BCUT2D eigenvalue weighted by atomic mass is 32.1. The molecule has 5 atom stereocenters. The smallest absolute Gasteiger partial charge is 0.186 e. The Morgan fingerprint density at radius 3 is 2.79 bits per heavy atom. The first-order valence-corrected chi connectivity index (χ1v) is 18.0. The van der Waals surface area contributed by atoms with Crippen LogP contribution in [0.5, 0.6) is 0 Å². The van der Waals surface area contributed by atoms with Gasteiger partial charge in [0, 0.05) is 29.1 Å². The van der Waals surface area contributed by atoms with Crippen molar-refractivity contribution < 1.29 is 9.63 Å². The van der Waals surface area contributed by atoms with Gasteiger partial charge in [0.1, 0.15) is 16.9 Å². The first kappa shape index (κ1) is 29.4. The molecule has 0 aromatic carbocycles. The van der Waals surface area contributed by atoms with Crippen LogP contribution in [-0.4, -0.2) is 72.7 Å². The average molecular weight is 652 g/mol. The van der Waals surface area contributed by atoms with Crippen LogP contribution >= 0.6 is 11.3 Å². The maximum Gasteiger partial charge on any atom is 0.186 e. The number of fused-ring (bicyclic) bond motifs is 6. The van der Waals surface area contributed by atoms with Gasteiger partial charge in [0.05, 0.1) is 33.7 Å². The molecule has 11 nitrogen and oxygen atoms in total. The zero-order valence-corrected chi connectivity index (χ0v) is 28.1. The Balaban J connectivity index is 1.25. The van der Waals surface area contributed by atoms with Crippen molar-refractivity contribution in [1.82, 2.24) is 29.8 Å². The lowest BCUT2D eigenvalue weighted by Gasteiger charge is -2.42. The summed E-state index contributed by atoms with van der Waals surface area (Å²) in [6, 6.07) is 2.99. The van der Waals surface area contributed by atoms with E-state index in [0.29, 0.717) is 34.7 Å². The van der Waals surface area contributed by atoms with Crippen molar-refractivity contribution in [3.8, 4) is 17.6 Å². The van der Waals surface area contributed by atoms with Gasteiger partial charge in [-0.2, -0.15) is 10.4 Å². The fraction of sp³-hybridized carbons (Fsp3) is 0.571. The van der Waals surface area contributed by atoms with E-state index < -0.39 is 11.0 Å². The highest BCUT2D eigenvalue weighted by Gasteiger charge is 2.49. The average Bonchev–Trinajstić information content (AvgIpc) is 3.82. The number of nitrogens with two attached hydrogens (primary N) is 1. The molecule has 5 unspecified atom stereocenters. The molecule has 1 spiro atoms. The van der Waals surface area contributed by atoms with Crippen LogP contribution in [0.1, 0.15) is 104 Å². The summed E-state index contributed by atoms with van der Waals surface area (Å²) in [5.74, 6) is 2.17. The van der Waals surface area contributed by atoms with Gasteiger partial charge in [-0.15, -0.1) is 11.3 Å². The highest BCUT2D eigenvalue weighted by Crippen LogP contribution is 2.55. The summed E-state index contributed by atoms with van der Waals surface area (Å²) in [5, 5.41) is 32.9. The van der Waals surface area contributed by atoms with E-state index in [1.807, 2.05) is 6.92 Å². The van der Waals surface area contributed by atoms with Crippen molar-refractivity contribution in [2.45, 2.75) is 107 Å². The molecule has 4 aromatic heterocycles. The number of hydrogen-bond donors (Lipinski definition) is 2. The molecule has 244 valence electrons. The molecule has 2 fully saturated rings. The van der Waals surface area contributed by atoms with E-state index in [4.69, 9.17) is 30.5 Å². The number of thiophene rings is 1. The van der Waals surface area contributed by atoms with Gasteiger partial charge in [0.25, 0.3) is 0 Å². The Morgan fingerprint density at radius 1 is 1.17 bits per heavy atom. The Bertz CT molecular complexity index is 2000. The van der Waals surface area contributed by atoms with Crippen LogP contribution in [0.3, 0.4) is 0 Å². The Kier molecular flexibility index (Phi) is 6.47. The van der Waals surface area contributed by atoms with E-state index in [2.05, 4.69) is 46.7 Å². The van der Waals surface area contributed by atoms with Crippen LogP contribution in [-0.2, 0) is 18.3 Å². The number of aromatic nitrogens is 5. The van der Waals surface area contributed by atoms with Crippen LogP contribution in [0.4, 0.5) is 10.8 Å². The molecule has 3 N–H and O–H groups in total. The number of piperidine rings is 1. The van der Waals surface area contributed by atoms with E-state index in [0.717, 1.165) is 104 Å². The van der Waals surface area contributed by atoms with Gasteiger partial charge < -0.3 is 25.2 Å². The van der Waals surface area contributed by atoms with Crippen LogP contribution in [0.2, 0.25) is 0 Å². The Morgan fingerprint density at radius 2 is 2.00 bits per heavy atom. The lowest BCUT2D eigenvalue weighted by atomic mass is 9.63. The molecule has 0 saturated carbocycles. The van der Waals surface area contributed by atoms with E-state index in [9.17, 15) is 10.4 Å². The largest absolute Gasteiger partial charge is 0.389 e. The zero-order valence-electron chi connectivity index (χ0n) is 27.3. The number of aryl methyl sites for hydroxylation is 1. The number of nitrogen functional groups attached to an aromatic ring is 1. The lowest BCUT2D eigenvalue weighted by molar-refractivity contribution is 0.0398. The second-order valence-electron chi connectivity index (χ2n) is 14.8. The minimum Gasteiger partial charge on any atom is -0.389 e. The zero-order chi connectivity index (χ0) is 32.2. The molecule has 9 rings (SSSR count). The summed E-state index contributed by atoms with van der Waals surface area (Å²) in [7, 11) is 2.20. The topological polar surface area (TPSA) is 146 Å². The third-order valence-electron chi connectivity index (χ3n) is 11.8. The Labute approximate surface area is 278 Å². The molecule has 4 aromatic rings. The van der Waals surface area contributed by atoms with Crippen molar-refractivity contribution in [3.63, 3.8) is 0 Å². The second-order valence-corrected chi connectivity index (χ2v) is 15.9. The summed E-state index contributed by atoms with van der Waals surface area (Å²) < 4.78 is 8.48. The molecule has 2 saturated heterocycles. The number of aliphatic hydroxyl groups is 1. The number of rotatable bonds is 3. The third-order valence-corrected chi connectivity index (χ3v) is 12.9. The van der Waals surface area contributed by atoms with Crippen molar-refractivity contribution in [2.75, 3.05) is 30.8 Å². The first-order valence-electron chi connectivity index (χ1n) is 17.2. The second kappa shape index (κ2) is 10.4. The molecular formula is C35H41N9O2S. The molecule has 5 aliphatic rings. The van der Waals surface area contributed by atoms with Crippen molar-refractivity contribution in [2.24, 2.45) is 0 Å². The van der Waals surface area contributed by atoms with E-state index in [1.54, 1.807) is 11.3 Å². The normalized spacial score (nSPS) is 29.0. The highest BCUT2D eigenvalue weighted by molar-refractivity contribution is 7.16. The summed E-state index contributed by atoms with van der Waals surface area (Å²) in [4.78, 5) is 16.5. The molecule has 0 amide bonds. The fourth-order valence-corrected chi connectivity index (χ4v) is 10.7. The third kappa shape index (κ3) is 4.22. The van der Waals surface area contributed by atoms with Crippen LogP contribution in [0, 0.1) is 11.3 Å². The number of anilines is 2. The molecule has 2 aliphatic carbocycles. The van der Waals surface area contributed by atoms with Gasteiger partial charge in [-0.1, -0.05) is 11.2 Å². The molecule has 3 aliphatic heterocycles. The molecule has 0 bridgehead atoms. The summed E-state index contributed by atoms with van der Waals surface area (Å²) in [6.45, 7) is 5.71. The number of nitriles is 1. The SMILES string of the molecule is CC(C1CCCN1C)n1nc2c3c(nc(-c4noc5c4CCCC54CCCc5sc(N)c(C#N)c54)nc31)N1CC(C)(O)CCC1C=C2. The number of hydrogen-bond acceptors (Lipinski definition) is 11.